The van der Waals surface area contributed by atoms with E-state index in [1.54, 1.807) is 11.4 Å². The summed E-state index contributed by atoms with van der Waals surface area (Å²) in [5.74, 6) is 0.576. The normalized spacial score (nSPS) is 30.6. The highest BCUT2D eigenvalue weighted by Crippen LogP contribution is 2.57. The molecule has 4 nitrogen and oxygen atoms in total. The minimum atomic E-state index is -3.31. The summed E-state index contributed by atoms with van der Waals surface area (Å²) in [5, 5.41) is 0. The number of nitrogens with zero attached hydrogens (tertiary/aromatic N) is 2. The van der Waals surface area contributed by atoms with Crippen LogP contribution >= 0.6 is 0 Å². The number of hydrogen-bond donors (Lipinski definition) is 0. The molecule has 1 aliphatic carbocycles. The van der Waals surface area contributed by atoms with Gasteiger partial charge >= 0.3 is 0 Å². The lowest BCUT2D eigenvalue weighted by Gasteiger charge is -2.25. The third-order valence-corrected chi connectivity index (χ3v) is 6.32. The molecule has 0 bridgehead atoms. The maximum Gasteiger partial charge on any atom is 0.282 e. The standard InChI is InChI=1S/C14H20N2O2S/c1-14-8-13(14)10-16(11-14)19(17,18)15(2)9-12-6-4-3-5-7-12/h3-7,13H,8-11H2,1-2H3. The molecule has 0 spiro atoms. The molecule has 0 amide bonds. The van der Waals surface area contributed by atoms with Crippen LogP contribution in [0, 0.1) is 11.3 Å². The fraction of sp³-hybridized carbons (Fsp3) is 0.571. The van der Waals surface area contributed by atoms with Gasteiger partial charge in [0.25, 0.3) is 10.2 Å². The Kier molecular flexibility index (Phi) is 2.96. The smallest absolute Gasteiger partial charge is 0.195 e. The van der Waals surface area contributed by atoms with Crippen LogP contribution in [0.4, 0.5) is 0 Å². The van der Waals surface area contributed by atoms with Gasteiger partial charge < -0.3 is 0 Å². The molecule has 1 aromatic rings. The summed E-state index contributed by atoms with van der Waals surface area (Å²) in [6.45, 7) is 3.99. The van der Waals surface area contributed by atoms with E-state index in [1.807, 2.05) is 30.3 Å². The van der Waals surface area contributed by atoms with Crippen molar-refractivity contribution in [2.24, 2.45) is 11.3 Å². The van der Waals surface area contributed by atoms with Gasteiger partial charge in [-0.2, -0.15) is 17.0 Å². The summed E-state index contributed by atoms with van der Waals surface area (Å²) in [7, 11) is -1.65. The quantitative estimate of drug-likeness (QED) is 0.842. The largest absolute Gasteiger partial charge is 0.282 e. The predicted octanol–water partition coefficient (Wildman–Crippen LogP) is 1.71. The molecule has 5 heteroatoms. The molecule has 0 aromatic heterocycles. The highest BCUT2D eigenvalue weighted by Gasteiger charge is 2.58. The molecule has 3 rings (SSSR count). The first-order valence-electron chi connectivity index (χ1n) is 6.67. The Labute approximate surface area is 115 Å². The van der Waals surface area contributed by atoms with E-state index in [9.17, 15) is 8.42 Å². The fourth-order valence-corrected chi connectivity index (χ4v) is 4.52. The van der Waals surface area contributed by atoms with Gasteiger partial charge in [-0.3, -0.25) is 0 Å². The van der Waals surface area contributed by atoms with Crippen molar-refractivity contribution in [3.05, 3.63) is 35.9 Å². The van der Waals surface area contributed by atoms with Crippen LogP contribution in [0.5, 0.6) is 0 Å². The van der Waals surface area contributed by atoms with Crippen molar-refractivity contribution in [3.8, 4) is 0 Å². The second kappa shape index (κ2) is 4.30. The maximum atomic E-state index is 12.5. The van der Waals surface area contributed by atoms with E-state index >= 15 is 0 Å². The molecule has 1 aromatic carbocycles. The second-order valence-electron chi connectivity index (χ2n) is 6.10. The average molecular weight is 280 g/mol. The van der Waals surface area contributed by atoms with Gasteiger partial charge in [-0.1, -0.05) is 37.3 Å². The van der Waals surface area contributed by atoms with Gasteiger partial charge in [0, 0.05) is 26.7 Å². The molecule has 104 valence electrons. The van der Waals surface area contributed by atoms with Crippen LogP contribution in [0.3, 0.4) is 0 Å². The molecular weight excluding hydrogens is 260 g/mol. The van der Waals surface area contributed by atoms with Crippen LogP contribution in [0.1, 0.15) is 18.9 Å². The molecule has 2 fully saturated rings. The van der Waals surface area contributed by atoms with E-state index in [4.69, 9.17) is 0 Å². The van der Waals surface area contributed by atoms with E-state index < -0.39 is 10.2 Å². The fourth-order valence-electron chi connectivity index (χ4n) is 2.99. The molecular formula is C14H20N2O2S. The van der Waals surface area contributed by atoms with E-state index in [0.717, 1.165) is 5.56 Å². The zero-order valence-corrected chi connectivity index (χ0v) is 12.2. The topological polar surface area (TPSA) is 40.6 Å². The first kappa shape index (κ1) is 13.1. The van der Waals surface area contributed by atoms with Crippen molar-refractivity contribution in [3.63, 3.8) is 0 Å². The first-order chi connectivity index (χ1) is 8.92. The molecule has 2 unspecified atom stereocenters. The van der Waals surface area contributed by atoms with Crippen molar-refractivity contribution in [1.29, 1.82) is 0 Å². The summed E-state index contributed by atoms with van der Waals surface area (Å²) in [5.41, 5.74) is 1.27. The van der Waals surface area contributed by atoms with Gasteiger partial charge in [-0.05, 0) is 23.3 Å². The zero-order chi connectivity index (χ0) is 13.7. The van der Waals surface area contributed by atoms with Gasteiger partial charge in [-0.15, -0.1) is 0 Å². The summed E-state index contributed by atoms with van der Waals surface area (Å²) in [4.78, 5) is 0. The number of fused-ring (bicyclic) bond motifs is 1. The molecule has 1 aliphatic heterocycles. The van der Waals surface area contributed by atoms with E-state index in [1.165, 1.54) is 10.7 Å². The van der Waals surface area contributed by atoms with E-state index in [-0.39, 0.29) is 5.41 Å². The van der Waals surface area contributed by atoms with Gasteiger partial charge in [0.1, 0.15) is 0 Å². The Morgan fingerprint density at radius 2 is 2.05 bits per heavy atom. The molecule has 0 radical (unpaired) electrons. The van der Waals surface area contributed by atoms with E-state index in [2.05, 4.69) is 6.92 Å². The average Bonchev–Trinajstić information content (AvgIpc) is 2.88. The first-order valence-corrected chi connectivity index (χ1v) is 8.07. The van der Waals surface area contributed by atoms with Crippen LogP contribution in [0.15, 0.2) is 30.3 Å². The Morgan fingerprint density at radius 3 is 2.63 bits per heavy atom. The lowest BCUT2D eigenvalue weighted by Crippen LogP contribution is -2.41. The summed E-state index contributed by atoms with van der Waals surface area (Å²) in [6.07, 6.45) is 1.18. The van der Waals surface area contributed by atoms with Gasteiger partial charge in [0.2, 0.25) is 0 Å². The Balaban J connectivity index is 1.70. The molecule has 2 aliphatic rings. The SMILES string of the molecule is CN(Cc1ccccc1)S(=O)(=O)N1CC2CC2(C)C1. The zero-order valence-electron chi connectivity index (χ0n) is 11.4. The number of hydrogen-bond acceptors (Lipinski definition) is 2. The Bertz CT molecular complexity index is 572. The Hall–Kier alpha value is -0.910. The monoisotopic (exact) mass is 280 g/mol. The maximum absolute atomic E-state index is 12.5. The highest BCUT2D eigenvalue weighted by atomic mass is 32.2. The van der Waals surface area contributed by atoms with Crippen molar-refractivity contribution in [2.75, 3.05) is 20.1 Å². The number of benzene rings is 1. The van der Waals surface area contributed by atoms with E-state index in [0.29, 0.717) is 25.6 Å². The van der Waals surface area contributed by atoms with Crippen LogP contribution in [-0.2, 0) is 16.8 Å². The lowest BCUT2D eigenvalue weighted by molar-refractivity contribution is 0.360. The number of piperidine rings is 1. The molecule has 1 saturated heterocycles. The minimum Gasteiger partial charge on any atom is -0.195 e. The minimum absolute atomic E-state index is 0.251. The summed E-state index contributed by atoms with van der Waals surface area (Å²) >= 11 is 0. The van der Waals surface area contributed by atoms with Crippen molar-refractivity contribution < 1.29 is 8.42 Å². The van der Waals surface area contributed by atoms with Crippen molar-refractivity contribution in [2.45, 2.75) is 19.9 Å². The predicted molar refractivity (Wildman–Crippen MR) is 74.6 cm³/mol. The molecule has 0 N–H and O–H groups in total. The van der Waals surface area contributed by atoms with Crippen molar-refractivity contribution in [1.82, 2.24) is 8.61 Å². The second-order valence-corrected chi connectivity index (χ2v) is 8.13. The summed E-state index contributed by atoms with van der Waals surface area (Å²) < 4.78 is 28.1. The molecule has 19 heavy (non-hydrogen) atoms. The highest BCUT2D eigenvalue weighted by molar-refractivity contribution is 7.86. The Morgan fingerprint density at radius 1 is 1.37 bits per heavy atom. The summed E-state index contributed by atoms with van der Waals surface area (Å²) in [6, 6.07) is 9.71. The van der Waals surface area contributed by atoms with Crippen LogP contribution in [0.25, 0.3) is 0 Å². The van der Waals surface area contributed by atoms with Crippen LogP contribution in [0.2, 0.25) is 0 Å². The molecule has 1 heterocycles. The third kappa shape index (κ3) is 2.30. The number of rotatable bonds is 4. The molecule has 2 atom stereocenters. The van der Waals surface area contributed by atoms with Gasteiger partial charge in [-0.25, -0.2) is 0 Å². The lowest BCUT2D eigenvalue weighted by atomic mass is 10.1. The van der Waals surface area contributed by atoms with Crippen LogP contribution < -0.4 is 0 Å². The molecule has 1 saturated carbocycles. The third-order valence-electron chi connectivity index (χ3n) is 4.47. The van der Waals surface area contributed by atoms with Crippen molar-refractivity contribution >= 4 is 10.2 Å². The van der Waals surface area contributed by atoms with Gasteiger partial charge in [0.15, 0.2) is 0 Å². The van der Waals surface area contributed by atoms with Crippen LogP contribution in [-0.4, -0.2) is 37.2 Å². The van der Waals surface area contributed by atoms with Gasteiger partial charge in [0.05, 0.1) is 0 Å².